The Bertz CT molecular complexity index is 925. The highest BCUT2D eigenvalue weighted by molar-refractivity contribution is 7.89. The van der Waals surface area contributed by atoms with Crippen LogP contribution in [0.15, 0.2) is 53.4 Å². The van der Waals surface area contributed by atoms with Crippen molar-refractivity contribution in [3.8, 4) is 5.75 Å². The van der Waals surface area contributed by atoms with Crippen LogP contribution in [0.2, 0.25) is 0 Å². The van der Waals surface area contributed by atoms with Gasteiger partial charge >= 0.3 is 0 Å². The molecule has 0 aliphatic carbocycles. The summed E-state index contributed by atoms with van der Waals surface area (Å²) in [5.74, 6) is 0.0933. The number of hydrogen-bond acceptors (Lipinski definition) is 5. The zero-order valence-electron chi connectivity index (χ0n) is 16.5. The van der Waals surface area contributed by atoms with Gasteiger partial charge in [-0.1, -0.05) is 30.3 Å². The molecule has 1 heterocycles. The molecule has 0 unspecified atom stereocenters. The molecule has 8 heteroatoms. The van der Waals surface area contributed by atoms with Crippen molar-refractivity contribution in [3.05, 3.63) is 59.7 Å². The number of methoxy groups -OCH3 is 1. The maximum Gasteiger partial charge on any atom is 0.257 e. The number of aryl methyl sites for hydroxylation is 1. The Morgan fingerprint density at radius 3 is 2.55 bits per heavy atom. The monoisotopic (exact) mass is 418 g/mol. The number of sulfonamides is 1. The smallest absolute Gasteiger partial charge is 0.257 e. The topological polar surface area (TPSA) is 84.9 Å². The fourth-order valence-electron chi connectivity index (χ4n) is 3.19. The Balaban J connectivity index is 1.69. The lowest BCUT2D eigenvalue weighted by molar-refractivity contribution is 0.0300. The molecule has 2 aromatic rings. The standard InChI is InChI=1S/C21H26N2O5S/c1-27-20-10-9-18(16-19(20)21(24)23-12-14-28-15-13-23)29(25,26)22-11-5-8-17-6-3-2-4-7-17/h2-4,6-7,9-10,16,22H,5,8,11-15H2,1H3. The normalized spacial score (nSPS) is 14.6. The third kappa shape index (κ3) is 5.56. The second kappa shape index (κ2) is 9.87. The number of carbonyl (C=O) groups is 1. The highest BCUT2D eigenvalue weighted by atomic mass is 32.2. The van der Waals surface area contributed by atoms with Crippen LogP contribution in [-0.2, 0) is 21.2 Å². The molecule has 2 aromatic carbocycles. The van der Waals surface area contributed by atoms with Gasteiger partial charge in [0.2, 0.25) is 10.0 Å². The summed E-state index contributed by atoms with van der Waals surface area (Å²) in [4.78, 5) is 14.5. The van der Waals surface area contributed by atoms with E-state index in [4.69, 9.17) is 9.47 Å². The van der Waals surface area contributed by atoms with Crippen molar-refractivity contribution in [2.24, 2.45) is 0 Å². The highest BCUT2D eigenvalue weighted by Gasteiger charge is 2.24. The molecule has 0 saturated carbocycles. The first-order chi connectivity index (χ1) is 14.0. The van der Waals surface area contributed by atoms with Crippen LogP contribution in [0, 0.1) is 0 Å². The minimum absolute atomic E-state index is 0.0506. The van der Waals surface area contributed by atoms with E-state index in [0.717, 1.165) is 12.0 Å². The minimum atomic E-state index is -3.73. The lowest BCUT2D eigenvalue weighted by Gasteiger charge is -2.27. The fraction of sp³-hybridized carbons (Fsp3) is 0.381. The van der Waals surface area contributed by atoms with Crippen molar-refractivity contribution in [3.63, 3.8) is 0 Å². The van der Waals surface area contributed by atoms with Crippen LogP contribution in [-0.4, -0.2) is 59.2 Å². The van der Waals surface area contributed by atoms with Crippen LogP contribution in [0.5, 0.6) is 5.75 Å². The van der Waals surface area contributed by atoms with Gasteiger partial charge in [-0.05, 0) is 36.6 Å². The van der Waals surface area contributed by atoms with Gasteiger partial charge in [-0.2, -0.15) is 0 Å². The van der Waals surface area contributed by atoms with E-state index in [1.54, 1.807) is 4.90 Å². The summed E-state index contributed by atoms with van der Waals surface area (Å²) >= 11 is 0. The van der Waals surface area contributed by atoms with E-state index in [1.807, 2.05) is 30.3 Å². The molecule has 0 radical (unpaired) electrons. The summed E-state index contributed by atoms with van der Waals surface area (Å²) in [7, 11) is -2.27. The molecular weight excluding hydrogens is 392 g/mol. The van der Waals surface area contributed by atoms with Crippen LogP contribution < -0.4 is 9.46 Å². The first-order valence-corrected chi connectivity index (χ1v) is 11.1. The van der Waals surface area contributed by atoms with Crippen LogP contribution in [0.4, 0.5) is 0 Å². The zero-order chi connectivity index (χ0) is 20.7. The van der Waals surface area contributed by atoms with Gasteiger partial charge in [-0.25, -0.2) is 13.1 Å². The van der Waals surface area contributed by atoms with Crippen molar-refractivity contribution in [2.75, 3.05) is 40.0 Å². The van der Waals surface area contributed by atoms with Gasteiger partial charge < -0.3 is 14.4 Å². The van der Waals surface area contributed by atoms with Crippen molar-refractivity contribution < 1.29 is 22.7 Å². The fourth-order valence-corrected chi connectivity index (χ4v) is 4.29. The average Bonchev–Trinajstić information content (AvgIpc) is 2.77. The highest BCUT2D eigenvalue weighted by Crippen LogP contribution is 2.24. The second-order valence-electron chi connectivity index (χ2n) is 6.75. The molecule has 0 spiro atoms. The molecule has 1 amide bonds. The molecule has 3 rings (SSSR count). The van der Waals surface area contributed by atoms with E-state index >= 15 is 0 Å². The molecule has 1 aliphatic heterocycles. The predicted octanol–water partition coefficient (Wildman–Crippen LogP) is 2.08. The minimum Gasteiger partial charge on any atom is -0.496 e. The van der Waals surface area contributed by atoms with Gasteiger partial charge in [0, 0.05) is 19.6 Å². The summed E-state index contributed by atoms with van der Waals surface area (Å²) in [5.41, 5.74) is 1.40. The Kier molecular flexibility index (Phi) is 7.24. The van der Waals surface area contributed by atoms with Crippen molar-refractivity contribution in [2.45, 2.75) is 17.7 Å². The molecule has 0 bridgehead atoms. The van der Waals surface area contributed by atoms with Gasteiger partial charge in [0.05, 0.1) is 30.8 Å². The molecule has 0 atom stereocenters. The SMILES string of the molecule is COc1ccc(S(=O)(=O)NCCCc2ccccc2)cc1C(=O)N1CCOCC1. The molecular formula is C21H26N2O5S. The maximum absolute atomic E-state index is 12.9. The predicted molar refractivity (Wildman–Crippen MR) is 110 cm³/mol. The molecule has 1 aliphatic rings. The van der Waals surface area contributed by atoms with Crippen LogP contribution in [0.1, 0.15) is 22.3 Å². The van der Waals surface area contributed by atoms with Crippen LogP contribution >= 0.6 is 0 Å². The van der Waals surface area contributed by atoms with Crippen LogP contribution in [0.25, 0.3) is 0 Å². The van der Waals surface area contributed by atoms with Gasteiger partial charge in [0.25, 0.3) is 5.91 Å². The Morgan fingerprint density at radius 2 is 1.86 bits per heavy atom. The summed E-state index contributed by atoms with van der Waals surface area (Å²) in [6.07, 6.45) is 1.46. The van der Waals surface area contributed by atoms with Crippen LogP contribution in [0.3, 0.4) is 0 Å². The van der Waals surface area contributed by atoms with E-state index in [2.05, 4.69) is 4.72 Å². The van der Waals surface area contributed by atoms with E-state index in [1.165, 1.54) is 25.3 Å². The first kappa shape index (κ1) is 21.3. The van der Waals surface area contributed by atoms with Gasteiger partial charge in [-0.3, -0.25) is 4.79 Å². The van der Waals surface area contributed by atoms with Crippen molar-refractivity contribution in [1.29, 1.82) is 0 Å². The molecule has 0 aromatic heterocycles. The Morgan fingerprint density at radius 1 is 1.14 bits per heavy atom. The number of benzene rings is 2. The van der Waals surface area contributed by atoms with Gasteiger partial charge in [-0.15, -0.1) is 0 Å². The number of nitrogens with zero attached hydrogens (tertiary/aromatic N) is 1. The maximum atomic E-state index is 12.9. The summed E-state index contributed by atoms with van der Waals surface area (Å²) in [5, 5.41) is 0. The number of carbonyl (C=O) groups excluding carboxylic acids is 1. The number of ether oxygens (including phenoxy) is 2. The molecule has 1 saturated heterocycles. The second-order valence-corrected chi connectivity index (χ2v) is 8.52. The summed E-state index contributed by atoms with van der Waals surface area (Å²) in [6.45, 7) is 2.19. The van der Waals surface area contributed by atoms with Gasteiger partial charge in [0.1, 0.15) is 5.75 Å². The van der Waals surface area contributed by atoms with Crippen molar-refractivity contribution in [1.82, 2.24) is 9.62 Å². The Hall–Kier alpha value is -2.42. The number of rotatable bonds is 8. The first-order valence-electron chi connectivity index (χ1n) is 9.60. The van der Waals surface area contributed by atoms with E-state index < -0.39 is 10.0 Å². The number of hydrogen-bond donors (Lipinski definition) is 1. The molecule has 29 heavy (non-hydrogen) atoms. The average molecular weight is 419 g/mol. The summed E-state index contributed by atoms with van der Waals surface area (Å²) < 4.78 is 38.6. The number of amides is 1. The molecule has 1 N–H and O–H groups in total. The third-order valence-electron chi connectivity index (χ3n) is 4.79. The van der Waals surface area contributed by atoms with E-state index in [-0.39, 0.29) is 16.4 Å². The van der Waals surface area contributed by atoms with E-state index in [9.17, 15) is 13.2 Å². The zero-order valence-corrected chi connectivity index (χ0v) is 17.3. The van der Waals surface area contributed by atoms with Gasteiger partial charge in [0.15, 0.2) is 0 Å². The van der Waals surface area contributed by atoms with Crippen molar-refractivity contribution >= 4 is 15.9 Å². The third-order valence-corrected chi connectivity index (χ3v) is 6.25. The quantitative estimate of drug-likeness (QED) is 0.664. The molecule has 1 fully saturated rings. The largest absolute Gasteiger partial charge is 0.496 e. The number of nitrogens with one attached hydrogen (secondary N) is 1. The lowest BCUT2D eigenvalue weighted by atomic mass is 10.1. The lowest BCUT2D eigenvalue weighted by Crippen LogP contribution is -2.40. The molecule has 156 valence electrons. The van der Waals surface area contributed by atoms with E-state index in [0.29, 0.717) is 45.0 Å². The molecule has 7 nitrogen and oxygen atoms in total. The summed E-state index contributed by atoms with van der Waals surface area (Å²) in [6, 6.07) is 14.3. The number of morpholine rings is 1. The Labute approximate surface area is 171 Å².